The average Bonchev–Trinajstić information content (AvgIpc) is 3.48. The number of hydrogen-bond donors (Lipinski definition) is 0. The van der Waals surface area contributed by atoms with Gasteiger partial charge in [-0.3, -0.25) is 0 Å². The van der Waals surface area contributed by atoms with Crippen LogP contribution in [0, 0.1) is 6.92 Å². The smallest absolute Gasteiger partial charge is 0.183 e. The summed E-state index contributed by atoms with van der Waals surface area (Å²) in [5, 5.41) is -1.62. The van der Waals surface area contributed by atoms with Gasteiger partial charge >= 0.3 is 0 Å². The quantitative estimate of drug-likeness (QED) is 0.424. The lowest BCUT2D eigenvalue weighted by atomic mass is 10.1. The van der Waals surface area contributed by atoms with Crippen LogP contribution in [0.1, 0.15) is 22.6 Å². The molecule has 0 saturated heterocycles. The van der Waals surface area contributed by atoms with Crippen molar-refractivity contribution in [2.75, 3.05) is 0 Å². The second-order valence-electron chi connectivity index (χ2n) is 7.80. The molecule has 3 aromatic rings. The van der Waals surface area contributed by atoms with Gasteiger partial charge in [0.1, 0.15) is 0 Å². The van der Waals surface area contributed by atoms with Gasteiger partial charge in [0.05, 0.1) is 21.1 Å². The molecule has 3 atom stereocenters. The summed E-state index contributed by atoms with van der Waals surface area (Å²) in [5.74, 6) is -0.818. The third-order valence-corrected chi connectivity index (χ3v) is 10.9. The maximum Gasteiger partial charge on any atom is 0.183 e. The van der Waals surface area contributed by atoms with Crippen molar-refractivity contribution in [2.24, 2.45) is 0 Å². The molecule has 0 amide bonds. The first kappa shape index (κ1) is 22.5. The Labute approximate surface area is 196 Å². The summed E-state index contributed by atoms with van der Waals surface area (Å²) in [6.07, 6.45) is 0. The Morgan fingerprint density at radius 2 is 1.39 bits per heavy atom. The van der Waals surface area contributed by atoms with E-state index in [-0.39, 0.29) is 10.6 Å². The first-order valence-corrected chi connectivity index (χ1v) is 14.0. The first-order valence-electron chi connectivity index (χ1n) is 9.62. The molecular formula is C23H20BrClO4S2. The molecule has 0 spiro atoms. The number of halogens is 2. The highest BCUT2D eigenvalue weighted by Crippen LogP contribution is 2.53. The highest BCUT2D eigenvalue weighted by atomic mass is 79.9. The van der Waals surface area contributed by atoms with Crippen molar-refractivity contribution in [3.8, 4) is 0 Å². The van der Waals surface area contributed by atoms with E-state index in [4.69, 9.17) is 11.6 Å². The first-order chi connectivity index (χ1) is 14.6. The van der Waals surface area contributed by atoms with Crippen LogP contribution >= 0.6 is 27.5 Å². The van der Waals surface area contributed by atoms with Gasteiger partial charge in [-0.2, -0.15) is 0 Å². The molecule has 8 heteroatoms. The third kappa shape index (κ3) is 4.60. The van der Waals surface area contributed by atoms with Gasteiger partial charge < -0.3 is 0 Å². The molecule has 0 N–H and O–H groups in total. The minimum absolute atomic E-state index is 0.0806. The summed E-state index contributed by atoms with van der Waals surface area (Å²) < 4.78 is 54.3. The van der Waals surface area contributed by atoms with E-state index < -0.39 is 36.1 Å². The molecule has 1 aliphatic rings. The molecule has 1 fully saturated rings. The predicted molar refractivity (Wildman–Crippen MR) is 127 cm³/mol. The molecule has 31 heavy (non-hydrogen) atoms. The molecule has 4 rings (SSSR count). The minimum atomic E-state index is -3.87. The van der Waals surface area contributed by atoms with E-state index >= 15 is 0 Å². The fourth-order valence-electron chi connectivity index (χ4n) is 3.91. The Bertz CT molecular complexity index is 1300. The molecule has 0 aliphatic heterocycles. The zero-order valence-corrected chi connectivity index (χ0v) is 20.5. The number of aryl methyl sites for hydroxylation is 1. The van der Waals surface area contributed by atoms with Gasteiger partial charge in [0.15, 0.2) is 19.7 Å². The SMILES string of the molecule is Cc1ccc(CS(=O)(=O)[C@H]2C(S(=O)(=O)c3ccc(Cl)cc3)[C@@H]2c2ccc(Br)cc2)cc1. The zero-order chi connectivity index (χ0) is 22.4. The topological polar surface area (TPSA) is 68.3 Å². The van der Waals surface area contributed by atoms with E-state index in [1.807, 2.05) is 19.1 Å². The number of sulfone groups is 2. The van der Waals surface area contributed by atoms with Gasteiger partial charge in [0.25, 0.3) is 0 Å². The van der Waals surface area contributed by atoms with Gasteiger partial charge in [0, 0.05) is 15.4 Å². The van der Waals surface area contributed by atoms with Gasteiger partial charge in [-0.15, -0.1) is 0 Å². The van der Waals surface area contributed by atoms with Crippen LogP contribution in [0.3, 0.4) is 0 Å². The van der Waals surface area contributed by atoms with E-state index in [1.54, 1.807) is 36.4 Å². The fourth-order valence-corrected chi connectivity index (χ4v) is 9.43. The van der Waals surface area contributed by atoms with Crippen LogP contribution in [0.5, 0.6) is 0 Å². The number of benzene rings is 3. The lowest BCUT2D eigenvalue weighted by Gasteiger charge is -2.06. The van der Waals surface area contributed by atoms with Crippen LogP contribution in [0.2, 0.25) is 5.02 Å². The monoisotopic (exact) mass is 538 g/mol. The minimum Gasteiger partial charge on any atom is -0.228 e. The average molecular weight is 540 g/mol. The molecule has 0 radical (unpaired) electrons. The van der Waals surface area contributed by atoms with Gasteiger partial charge in [0.2, 0.25) is 0 Å². The molecule has 0 bridgehead atoms. The lowest BCUT2D eigenvalue weighted by Crippen LogP contribution is -2.19. The fraction of sp³-hybridized carbons (Fsp3) is 0.217. The standard InChI is InChI=1S/C23H20BrClO4S2/c1-15-2-4-16(5-3-15)14-30(26,27)22-21(17-6-8-18(24)9-7-17)23(22)31(28,29)20-12-10-19(25)11-13-20/h2-13,21-23H,14H2,1H3/t21-,22-,23?/m1/s1. The molecular weight excluding hydrogens is 520 g/mol. The third-order valence-electron chi connectivity index (χ3n) is 5.55. The van der Waals surface area contributed by atoms with Gasteiger partial charge in [-0.25, -0.2) is 16.8 Å². The van der Waals surface area contributed by atoms with E-state index in [0.717, 1.165) is 10.0 Å². The summed E-state index contributed by atoms with van der Waals surface area (Å²) >= 11 is 9.27. The van der Waals surface area contributed by atoms with E-state index in [2.05, 4.69) is 15.9 Å². The van der Waals surface area contributed by atoms with E-state index in [1.165, 1.54) is 24.3 Å². The predicted octanol–water partition coefficient (Wildman–Crippen LogP) is 5.33. The Morgan fingerprint density at radius 3 is 1.97 bits per heavy atom. The Morgan fingerprint density at radius 1 is 0.806 bits per heavy atom. The van der Waals surface area contributed by atoms with Crippen LogP contribution in [-0.2, 0) is 25.4 Å². The van der Waals surface area contributed by atoms with Crippen LogP contribution in [0.25, 0.3) is 0 Å². The van der Waals surface area contributed by atoms with Crippen molar-refractivity contribution < 1.29 is 16.8 Å². The van der Waals surface area contributed by atoms with Gasteiger partial charge in [-0.1, -0.05) is 69.5 Å². The Balaban J connectivity index is 1.73. The lowest BCUT2D eigenvalue weighted by molar-refractivity contribution is 0.586. The molecule has 1 aliphatic carbocycles. The molecule has 3 aromatic carbocycles. The molecule has 4 nitrogen and oxygen atoms in total. The van der Waals surface area contributed by atoms with Crippen LogP contribution in [0.4, 0.5) is 0 Å². The van der Waals surface area contributed by atoms with E-state index in [9.17, 15) is 16.8 Å². The van der Waals surface area contributed by atoms with Crippen molar-refractivity contribution in [3.63, 3.8) is 0 Å². The molecule has 1 saturated carbocycles. The maximum absolute atomic E-state index is 13.4. The maximum atomic E-state index is 13.4. The summed E-state index contributed by atoms with van der Waals surface area (Å²) in [6.45, 7) is 1.93. The molecule has 0 heterocycles. The summed E-state index contributed by atoms with van der Waals surface area (Å²) in [7, 11) is -7.60. The number of hydrogen-bond acceptors (Lipinski definition) is 4. The van der Waals surface area contributed by atoms with Crippen LogP contribution in [-0.4, -0.2) is 27.3 Å². The van der Waals surface area contributed by atoms with Crippen molar-refractivity contribution in [1.82, 2.24) is 0 Å². The second-order valence-corrected chi connectivity index (χ2v) is 13.4. The molecule has 1 unspecified atom stereocenters. The molecule has 162 valence electrons. The Kier molecular flexibility index (Phi) is 6.07. The zero-order valence-electron chi connectivity index (χ0n) is 16.6. The molecule has 0 aromatic heterocycles. The van der Waals surface area contributed by atoms with Crippen LogP contribution in [0.15, 0.2) is 82.2 Å². The van der Waals surface area contributed by atoms with Crippen molar-refractivity contribution in [3.05, 3.63) is 99.0 Å². The second kappa shape index (κ2) is 8.35. The van der Waals surface area contributed by atoms with Crippen molar-refractivity contribution in [1.29, 1.82) is 0 Å². The van der Waals surface area contributed by atoms with Crippen molar-refractivity contribution in [2.45, 2.75) is 34.0 Å². The highest BCUT2D eigenvalue weighted by Gasteiger charge is 2.64. The summed E-state index contributed by atoms with van der Waals surface area (Å²) in [5.41, 5.74) is 2.38. The normalized spacial score (nSPS) is 21.1. The van der Waals surface area contributed by atoms with Crippen LogP contribution < -0.4 is 0 Å². The highest BCUT2D eigenvalue weighted by molar-refractivity contribution is 9.10. The van der Waals surface area contributed by atoms with Gasteiger partial charge in [-0.05, 0) is 54.4 Å². The van der Waals surface area contributed by atoms with E-state index in [0.29, 0.717) is 16.1 Å². The largest absolute Gasteiger partial charge is 0.228 e. The number of rotatable bonds is 6. The summed E-state index contributed by atoms with van der Waals surface area (Å²) in [6, 6.07) is 20.3. The van der Waals surface area contributed by atoms with Crippen molar-refractivity contribution >= 4 is 47.2 Å². The Hall–Kier alpha value is -1.67. The summed E-state index contributed by atoms with van der Waals surface area (Å²) in [4.78, 5) is 0.0806.